The van der Waals surface area contributed by atoms with Gasteiger partial charge in [0.1, 0.15) is 0 Å². The fourth-order valence-corrected chi connectivity index (χ4v) is 6.84. The fourth-order valence-electron chi connectivity index (χ4n) is 3.63. The molecule has 1 fully saturated rings. The highest BCUT2D eigenvalue weighted by Crippen LogP contribution is 2.34. The van der Waals surface area contributed by atoms with Crippen LogP contribution in [0.1, 0.15) is 36.6 Å². The largest absolute Gasteiger partial charge is 0.341 e. The smallest absolute Gasteiger partial charge is 0.227 e. The van der Waals surface area contributed by atoms with Gasteiger partial charge in [-0.15, -0.1) is 0 Å². The van der Waals surface area contributed by atoms with Gasteiger partial charge in [0.2, 0.25) is 5.91 Å². The molecule has 0 bridgehead atoms. The van der Waals surface area contributed by atoms with E-state index in [-0.39, 0.29) is 35.9 Å². The lowest BCUT2D eigenvalue weighted by Gasteiger charge is -2.20. The number of carbonyl (C=O) groups excluding carboxylic acids is 1. The maximum atomic E-state index is 12.8. The SMILES string of the molecule is CC(C)S(=O)(=O)c1ccc(CC(=O)N2CCC(c3ccccc3Cl)S(=O)(=O)CC2)cc1. The Morgan fingerprint density at radius 3 is 2.35 bits per heavy atom. The Morgan fingerprint density at radius 2 is 1.74 bits per heavy atom. The van der Waals surface area contributed by atoms with E-state index in [1.165, 1.54) is 12.1 Å². The summed E-state index contributed by atoms with van der Waals surface area (Å²) in [5, 5.41) is -0.850. The third-order valence-corrected chi connectivity index (χ3v) is 10.2. The van der Waals surface area contributed by atoms with Crippen LogP contribution < -0.4 is 0 Å². The average molecular weight is 484 g/mol. The summed E-state index contributed by atoms with van der Waals surface area (Å²) in [4.78, 5) is 14.6. The van der Waals surface area contributed by atoms with E-state index >= 15 is 0 Å². The summed E-state index contributed by atoms with van der Waals surface area (Å²) in [5.74, 6) is -0.310. The molecule has 0 saturated carbocycles. The van der Waals surface area contributed by atoms with Crippen molar-refractivity contribution < 1.29 is 21.6 Å². The third kappa shape index (κ3) is 5.30. The molecule has 1 saturated heterocycles. The predicted molar refractivity (Wildman–Crippen MR) is 122 cm³/mol. The molecule has 0 aliphatic carbocycles. The van der Waals surface area contributed by atoms with Crippen molar-refractivity contribution >= 4 is 37.2 Å². The van der Waals surface area contributed by atoms with Crippen LogP contribution in [0.3, 0.4) is 0 Å². The molecule has 1 aliphatic rings. The maximum Gasteiger partial charge on any atom is 0.227 e. The second-order valence-corrected chi connectivity index (χ2v) is 13.2. The molecule has 6 nitrogen and oxygen atoms in total. The molecule has 2 aromatic rings. The van der Waals surface area contributed by atoms with Crippen molar-refractivity contribution in [2.45, 2.75) is 42.1 Å². The van der Waals surface area contributed by atoms with E-state index in [0.29, 0.717) is 22.7 Å². The summed E-state index contributed by atoms with van der Waals surface area (Å²) in [7, 11) is -6.82. The maximum absolute atomic E-state index is 12.8. The Morgan fingerprint density at radius 1 is 1.10 bits per heavy atom. The monoisotopic (exact) mass is 483 g/mol. The minimum absolute atomic E-state index is 0.0822. The van der Waals surface area contributed by atoms with E-state index in [2.05, 4.69) is 0 Å². The van der Waals surface area contributed by atoms with Crippen molar-refractivity contribution in [3.63, 3.8) is 0 Å². The summed E-state index contributed by atoms with van der Waals surface area (Å²) in [6, 6.07) is 13.2. The zero-order chi connectivity index (χ0) is 22.8. The molecular weight excluding hydrogens is 458 g/mol. The number of sulfone groups is 2. The van der Waals surface area contributed by atoms with E-state index in [0.717, 1.165) is 0 Å². The first-order valence-corrected chi connectivity index (χ1v) is 13.7. The number of hydrogen-bond donors (Lipinski definition) is 0. The zero-order valence-corrected chi connectivity index (χ0v) is 19.9. The molecule has 1 unspecified atom stereocenters. The normalized spacial score (nSPS) is 19.2. The molecule has 0 N–H and O–H groups in total. The summed E-state index contributed by atoms with van der Waals surface area (Å²) in [6.45, 7) is 3.68. The fraction of sp³-hybridized carbons (Fsp3) is 0.409. The molecule has 31 heavy (non-hydrogen) atoms. The zero-order valence-electron chi connectivity index (χ0n) is 17.5. The van der Waals surface area contributed by atoms with Crippen LogP contribution in [0.4, 0.5) is 0 Å². The van der Waals surface area contributed by atoms with Crippen LogP contribution in [0, 0.1) is 0 Å². The highest BCUT2D eigenvalue weighted by molar-refractivity contribution is 7.92. The second-order valence-electron chi connectivity index (χ2n) is 7.96. The molecule has 168 valence electrons. The van der Waals surface area contributed by atoms with Crippen molar-refractivity contribution in [2.75, 3.05) is 18.8 Å². The molecular formula is C22H26ClNO5S2. The topological polar surface area (TPSA) is 88.6 Å². The average Bonchev–Trinajstić information content (AvgIpc) is 2.87. The Kier molecular flexibility index (Phi) is 7.13. The number of amides is 1. The van der Waals surface area contributed by atoms with Crippen LogP contribution in [0.25, 0.3) is 0 Å². The first-order chi connectivity index (χ1) is 14.5. The van der Waals surface area contributed by atoms with E-state index in [4.69, 9.17) is 11.6 Å². The van der Waals surface area contributed by atoms with Crippen LogP contribution in [0.2, 0.25) is 5.02 Å². The minimum atomic E-state index is -3.45. The van der Waals surface area contributed by atoms with Gasteiger partial charge in [0, 0.05) is 18.1 Å². The van der Waals surface area contributed by atoms with Crippen molar-refractivity contribution in [1.82, 2.24) is 4.90 Å². The highest BCUT2D eigenvalue weighted by atomic mass is 35.5. The second kappa shape index (κ2) is 9.30. The van der Waals surface area contributed by atoms with Gasteiger partial charge in [-0.2, -0.15) is 0 Å². The van der Waals surface area contributed by atoms with Gasteiger partial charge in [-0.1, -0.05) is 41.9 Å². The molecule has 0 aromatic heterocycles. The molecule has 1 atom stereocenters. The predicted octanol–water partition coefficient (Wildman–Crippen LogP) is 3.45. The number of halogens is 1. The van der Waals surface area contributed by atoms with Gasteiger partial charge in [-0.25, -0.2) is 16.8 Å². The Labute approximate surface area is 189 Å². The molecule has 9 heteroatoms. The lowest BCUT2D eigenvalue weighted by atomic mass is 10.1. The van der Waals surface area contributed by atoms with Crippen molar-refractivity contribution in [2.24, 2.45) is 0 Å². The van der Waals surface area contributed by atoms with Crippen molar-refractivity contribution in [3.8, 4) is 0 Å². The summed E-state index contributed by atoms with van der Waals surface area (Å²) < 4.78 is 50.1. The van der Waals surface area contributed by atoms with Crippen LogP contribution in [-0.2, 0) is 30.9 Å². The number of benzene rings is 2. The first kappa shape index (κ1) is 23.8. The third-order valence-electron chi connectivity index (χ3n) is 5.57. The first-order valence-electron chi connectivity index (χ1n) is 10.1. The van der Waals surface area contributed by atoms with Gasteiger partial charge < -0.3 is 4.90 Å². The summed E-state index contributed by atoms with van der Waals surface area (Å²) in [6.07, 6.45) is 0.363. The van der Waals surface area contributed by atoms with Crippen molar-refractivity contribution in [1.29, 1.82) is 0 Å². The van der Waals surface area contributed by atoms with E-state index in [1.807, 2.05) is 0 Å². The van der Waals surface area contributed by atoms with Crippen LogP contribution in [-0.4, -0.2) is 51.7 Å². The van der Waals surface area contributed by atoms with E-state index in [1.54, 1.807) is 55.1 Å². The lowest BCUT2D eigenvalue weighted by Crippen LogP contribution is -2.34. The summed E-state index contributed by atoms with van der Waals surface area (Å²) in [5.41, 5.74) is 1.25. The van der Waals surface area contributed by atoms with Gasteiger partial charge in [0.15, 0.2) is 19.7 Å². The minimum Gasteiger partial charge on any atom is -0.341 e. The Bertz CT molecular complexity index is 1160. The van der Waals surface area contributed by atoms with E-state index in [9.17, 15) is 21.6 Å². The molecule has 3 rings (SSSR count). The molecule has 1 amide bonds. The van der Waals surface area contributed by atoms with Crippen molar-refractivity contribution in [3.05, 3.63) is 64.7 Å². The van der Waals surface area contributed by atoms with Crippen LogP contribution in [0.5, 0.6) is 0 Å². The number of rotatable bonds is 5. The quantitative estimate of drug-likeness (QED) is 0.649. The molecule has 0 spiro atoms. The van der Waals surface area contributed by atoms with Gasteiger partial charge in [-0.3, -0.25) is 4.79 Å². The van der Waals surface area contributed by atoms with Gasteiger partial charge in [0.25, 0.3) is 0 Å². The van der Waals surface area contributed by atoms with Gasteiger partial charge in [-0.05, 0) is 49.6 Å². The summed E-state index contributed by atoms with van der Waals surface area (Å²) >= 11 is 6.22. The van der Waals surface area contributed by atoms with E-state index < -0.39 is 30.2 Å². The number of hydrogen-bond acceptors (Lipinski definition) is 5. The highest BCUT2D eigenvalue weighted by Gasteiger charge is 2.33. The molecule has 1 heterocycles. The lowest BCUT2D eigenvalue weighted by molar-refractivity contribution is -0.130. The van der Waals surface area contributed by atoms with Gasteiger partial charge >= 0.3 is 0 Å². The van der Waals surface area contributed by atoms with Crippen LogP contribution >= 0.6 is 11.6 Å². The number of nitrogens with zero attached hydrogens (tertiary/aromatic N) is 1. The number of carbonyl (C=O) groups is 1. The Balaban J connectivity index is 1.72. The van der Waals surface area contributed by atoms with Crippen LogP contribution in [0.15, 0.2) is 53.4 Å². The molecule has 2 aromatic carbocycles. The molecule has 1 aliphatic heterocycles. The standard InChI is InChI=1S/C22H26ClNO5S2/c1-16(2)31(28,29)18-9-7-17(8-10-18)15-22(25)24-12-11-21(30(26,27)14-13-24)19-5-3-4-6-20(19)23/h3-10,16,21H,11-15H2,1-2H3. The Hall–Kier alpha value is -1.90. The molecule has 0 radical (unpaired) electrons. The van der Waals surface area contributed by atoms with Gasteiger partial charge in [0.05, 0.1) is 27.6 Å².